The number of hydrogen-bond donors (Lipinski definition) is 0. The molecule has 1 aromatic rings. The van der Waals surface area contributed by atoms with Crippen molar-refractivity contribution in [2.24, 2.45) is 0 Å². The maximum Gasteiger partial charge on any atom is 0.350 e. The van der Waals surface area contributed by atoms with Crippen molar-refractivity contribution in [3.05, 3.63) is 31.7 Å². The van der Waals surface area contributed by atoms with Gasteiger partial charge in [0.15, 0.2) is 11.6 Å². The molecule has 0 saturated carbocycles. The second-order valence-electron chi connectivity index (χ2n) is 2.68. The Hall–Kier alpha value is -0.820. The lowest BCUT2D eigenvalue weighted by Gasteiger charge is -2.03. The average Bonchev–Trinajstić information content (AvgIpc) is 2.47. The SMILES string of the molecule is O=C1OC(=O)c2c(F)c(Br)c(Br)c(F)c21. The molecule has 15 heavy (non-hydrogen) atoms. The lowest BCUT2D eigenvalue weighted by Crippen LogP contribution is -2.02. The molecule has 1 heterocycles. The molecule has 3 nitrogen and oxygen atoms in total. The van der Waals surface area contributed by atoms with Gasteiger partial charge in [-0.2, -0.15) is 0 Å². The van der Waals surface area contributed by atoms with E-state index in [1.54, 1.807) is 0 Å². The van der Waals surface area contributed by atoms with Crippen LogP contribution in [0.15, 0.2) is 8.95 Å². The molecule has 0 N–H and O–H groups in total. The molecule has 1 aliphatic heterocycles. The molecular weight excluding hydrogens is 342 g/mol. The van der Waals surface area contributed by atoms with Crippen molar-refractivity contribution in [2.45, 2.75) is 0 Å². The highest BCUT2D eigenvalue weighted by Crippen LogP contribution is 2.37. The van der Waals surface area contributed by atoms with Gasteiger partial charge in [-0.3, -0.25) is 0 Å². The summed E-state index contributed by atoms with van der Waals surface area (Å²) in [4.78, 5) is 22.1. The summed E-state index contributed by atoms with van der Waals surface area (Å²) in [5, 5.41) is 0. The predicted molar refractivity (Wildman–Crippen MR) is 51.5 cm³/mol. The topological polar surface area (TPSA) is 43.4 Å². The van der Waals surface area contributed by atoms with Gasteiger partial charge in [-0.05, 0) is 31.9 Å². The van der Waals surface area contributed by atoms with E-state index in [2.05, 4.69) is 36.6 Å². The molecule has 2 rings (SSSR count). The van der Waals surface area contributed by atoms with E-state index in [4.69, 9.17) is 0 Å². The van der Waals surface area contributed by atoms with E-state index in [1.807, 2.05) is 0 Å². The zero-order chi connectivity index (χ0) is 11.3. The van der Waals surface area contributed by atoms with Crippen LogP contribution in [-0.4, -0.2) is 11.9 Å². The van der Waals surface area contributed by atoms with Crippen LogP contribution < -0.4 is 0 Å². The third kappa shape index (κ3) is 1.33. The van der Waals surface area contributed by atoms with Crippen LogP contribution >= 0.6 is 31.9 Å². The number of carbonyl (C=O) groups excluding carboxylic acids is 2. The fraction of sp³-hybridized carbons (Fsp3) is 0. The van der Waals surface area contributed by atoms with Crippen LogP contribution in [0.5, 0.6) is 0 Å². The molecule has 7 heteroatoms. The van der Waals surface area contributed by atoms with E-state index >= 15 is 0 Å². The van der Waals surface area contributed by atoms with E-state index in [9.17, 15) is 18.4 Å². The smallest absolute Gasteiger partial charge is 0.350 e. The van der Waals surface area contributed by atoms with Crippen LogP contribution in [0.25, 0.3) is 0 Å². The third-order valence-electron chi connectivity index (χ3n) is 1.86. The molecule has 1 aliphatic rings. The summed E-state index contributed by atoms with van der Waals surface area (Å²) in [6.45, 7) is 0. The van der Waals surface area contributed by atoms with E-state index in [0.717, 1.165) is 0 Å². The van der Waals surface area contributed by atoms with Crippen molar-refractivity contribution in [1.29, 1.82) is 0 Å². The minimum atomic E-state index is -1.18. The molecule has 0 fully saturated rings. The highest BCUT2D eigenvalue weighted by atomic mass is 79.9. The first-order chi connectivity index (χ1) is 6.95. The molecular formula is C8Br2F2O3. The number of esters is 2. The lowest BCUT2D eigenvalue weighted by atomic mass is 10.1. The number of hydrogen-bond acceptors (Lipinski definition) is 3. The second kappa shape index (κ2) is 3.34. The Morgan fingerprint density at radius 1 is 0.867 bits per heavy atom. The van der Waals surface area contributed by atoms with E-state index in [0.29, 0.717) is 0 Å². The van der Waals surface area contributed by atoms with Crippen molar-refractivity contribution >= 4 is 43.8 Å². The first-order valence-corrected chi connectivity index (χ1v) is 5.16. The van der Waals surface area contributed by atoms with Crippen molar-refractivity contribution in [2.75, 3.05) is 0 Å². The summed E-state index contributed by atoms with van der Waals surface area (Å²) in [5.74, 6) is -4.40. The maximum absolute atomic E-state index is 13.5. The van der Waals surface area contributed by atoms with Crippen LogP contribution in [0.3, 0.4) is 0 Å². The summed E-state index contributed by atoms with van der Waals surface area (Å²) in [5.41, 5.74) is -1.35. The Kier molecular flexibility index (Phi) is 2.38. The molecule has 0 aliphatic carbocycles. The zero-order valence-electron chi connectivity index (χ0n) is 6.74. The van der Waals surface area contributed by atoms with E-state index in [-0.39, 0.29) is 8.95 Å². The summed E-state index contributed by atoms with van der Waals surface area (Å²) >= 11 is 5.50. The minimum absolute atomic E-state index is 0.259. The van der Waals surface area contributed by atoms with Gasteiger partial charge in [0.05, 0.1) is 8.95 Å². The summed E-state index contributed by atoms with van der Waals surface area (Å²) in [6.07, 6.45) is 0. The Morgan fingerprint density at radius 3 is 1.53 bits per heavy atom. The molecule has 0 saturated heterocycles. The normalized spacial score (nSPS) is 14.1. The standard InChI is InChI=1S/C8Br2F2O3/c9-3-4(10)6(12)2-1(5(3)11)7(13)15-8(2)14. The molecule has 0 radical (unpaired) electrons. The molecule has 0 bridgehead atoms. The van der Waals surface area contributed by atoms with Gasteiger partial charge in [-0.25, -0.2) is 18.4 Å². The maximum atomic E-state index is 13.5. The van der Waals surface area contributed by atoms with Crippen LogP contribution in [0.4, 0.5) is 8.78 Å². The molecule has 0 spiro atoms. The Labute approximate surface area is 98.7 Å². The van der Waals surface area contributed by atoms with Crippen molar-refractivity contribution in [3.8, 4) is 0 Å². The highest BCUT2D eigenvalue weighted by Gasteiger charge is 2.39. The van der Waals surface area contributed by atoms with Gasteiger partial charge in [0.1, 0.15) is 11.1 Å². The van der Waals surface area contributed by atoms with Crippen molar-refractivity contribution < 1.29 is 23.1 Å². The number of carbonyl (C=O) groups is 2. The molecule has 0 atom stereocenters. The van der Waals surface area contributed by atoms with Gasteiger partial charge in [0.2, 0.25) is 0 Å². The highest BCUT2D eigenvalue weighted by molar-refractivity contribution is 9.13. The number of benzene rings is 1. The largest absolute Gasteiger partial charge is 0.385 e. The molecule has 0 amide bonds. The fourth-order valence-corrected chi connectivity index (χ4v) is 1.95. The summed E-state index contributed by atoms with van der Waals surface area (Å²) in [6, 6.07) is 0. The van der Waals surface area contributed by atoms with Crippen LogP contribution in [-0.2, 0) is 4.74 Å². The van der Waals surface area contributed by atoms with E-state index < -0.39 is 34.7 Å². The first-order valence-electron chi connectivity index (χ1n) is 3.57. The molecule has 0 aromatic heterocycles. The Balaban J connectivity index is 2.92. The van der Waals surface area contributed by atoms with Crippen molar-refractivity contribution in [1.82, 2.24) is 0 Å². The number of halogens is 4. The predicted octanol–water partition coefficient (Wildman–Crippen LogP) is 2.80. The second-order valence-corrected chi connectivity index (χ2v) is 4.27. The Bertz CT molecular complexity index is 468. The van der Waals surface area contributed by atoms with Gasteiger partial charge in [-0.15, -0.1) is 0 Å². The van der Waals surface area contributed by atoms with Gasteiger partial charge in [0, 0.05) is 0 Å². The zero-order valence-corrected chi connectivity index (χ0v) is 9.91. The van der Waals surface area contributed by atoms with Crippen LogP contribution in [0, 0.1) is 11.6 Å². The molecule has 0 unspecified atom stereocenters. The van der Waals surface area contributed by atoms with Gasteiger partial charge >= 0.3 is 11.9 Å². The third-order valence-corrected chi connectivity index (χ3v) is 3.88. The van der Waals surface area contributed by atoms with Gasteiger partial charge in [0.25, 0.3) is 0 Å². The van der Waals surface area contributed by atoms with Gasteiger partial charge < -0.3 is 4.74 Å². The number of ether oxygens (including phenoxy) is 1. The fourth-order valence-electron chi connectivity index (χ4n) is 1.20. The Morgan fingerprint density at radius 2 is 1.20 bits per heavy atom. The number of fused-ring (bicyclic) bond motifs is 1. The number of cyclic esters (lactones) is 2. The minimum Gasteiger partial charge on any atom is -0.385 e. The van der Waals surface area contributed by atoms with Crippen LogP contribution in [0.2, 0.25) is 0 Å². The molecule has 1 aromatic carbocycles. The van der Waals surface area contributed by atoms with Crippen molar-refractivity contribution in [3.63, 3.8) is 0 Å². The summed E-state index contributed by atoms with van der Waals surface area (Å²) in [7, 11) is 0. The van der Waals surface area contributed by atoms with Crippen LogP contribution in [0.1, 0.15) is 20.7 Å². The van der Waals surface area contributed by atoms with E-state index in [1.165, 1.54) is 0 Å². The summed E-state index contributed by atoms with van der Waals surface area (Å²) < 4.78 is 30.5. The molecule has 78 valence electrons. The number of rotatable bonds is 0. The first kappa shape index (κ1) is 10.7. The lowest BCUT2D eigenvalue weighted by molar-refractivity contribution is 0.0441. The quantitative estimate of drug-likeness (QED) is 0.315. The average molecular weight is 342 g/mol. The van der Waals surface area contributed by atoms with Gasteiger partial charge in [-0.1, -0.05) is 0 Å². The monoisotopic (exact) mass is 340 g/mol.